The molecule has 0 bridgehead atoms. The summed E-state index contributed by atoms with van der Waals surface area (Å²) in [4.78, 5) is 31.3. The molecule has 1 aliphatic rings. The number of nitrogens with zero attached hydrogens (tertiary/aromatic N) is 2. The molecule has 1 N–H and O–H groups in total. The first kappa shape index (κ1) is 17.1. The third kappa shape index (κ3) is 4.64. The van der Waals surface area contributed by atoms with Gasteiger partial charge in [0.25, 0.3) is 0 Å². The molecule has 0 aliphatic carbocycles. The van der Waals surface area contributed by atoms with Crippen LogP contribution < -0.4 is 5.32 Å². The maximum Gasteiger partial charge on any atom is 0.222 e. The number of amides is 2. The second-order valence-electron chi connectivity index (χ2n) is 5.86. The van der Waals surface area contributed by atoms with Crippen LogP contribution in [-0.2, 0) is 16.0 Å². The number of thiazole rings is 1. The van der Waals surface area contributed by atoms with E-state index in [9.17, 15) is 9.59 Å². The number of hydrogen-bond acceptors (Lipinski definition) is 5. The van der Waals surface area contributed by atoms with Crippen LogP contribution in [0.3, 0.4) is 0 Å². The second-order valence-corrected chi connectivity index (χ2v) is 7.82. The van der Waals surface area contributed by atoms with E-state index in [-0.39, 0.29) is 17.9 Å². The average molecular weight is 364 g/mol. The lowest BCUT2D eigenvalue weighted by atomic mass is 10.1. The molecule has 1 unspecified atom stereocenters. The van der Waals surface area contributed by atoms with Crippen LogP contribution in [0.1, 0.15) is 41.6 Å². The Labute approximate surface area is 149 Å². The molecule has 0 spiro atoms. The summed E-state index contributed by atoms with van der Waals surface area (Å²) in [5.41, 5.74) is 0. The number of rotatable bonds is 8. The normalized spacial score (nSPS) is 15.7. The van der Waals surface area contributed by atoms with E-state index in [0.29, 0.717) is 25.8 Å². The first-order valence-electron chi connectivity index (χ1n) is 8.21. The fourth-order valence-corrected chi connectivity index (χ4v) is 4.32. The van der Waals surface area contributed by atoms with Gasteiger partial charge in [0.15, 0.2) is 0 Å². The molecule has 2 aromatic heterocycles. The van der Waals surface area contributed by atoms with Crippen molar-refractivity contribution in [2.75, 3.05) is 13.1 Å². The van der Waals surface area contributed by atoms with Gasteiger partial charge in [-0.15, -0.1) is 22.7 Å². The highest BCUT2D eigenvalue weighted by Crippen LogP contribution is 2.23. The summed E-state index contributed by atoms with van der Waals surface area (Å²) in [6.45, 7) is 1.51. The van der Waals surface area contributed by atoms with Gasteiger partial charge in [-0.1, -0.05) is 6.07 Å². The van der Waals surface area contributed by atoms with E-state index in [4.69, 9.17) is 0 Å². The van der Waals surface area contributed by atoms with Crippen LogP contribution in [0.4, 0.5) is 0 Å². The van der Waals surface area contributed by atoms with Crippen LogP contribution in [0.25, 0.3) is 0 Å². The van der Waals surface area contributed by atoms with E-state index in [1.807, 2.05) is 21.7 Å². The number of hydrogen-bond donors (Lipinski definition) is 1. The lowest BCUT2D eigenvalue weighted by Crippen LogP contribution is -2.31. The first-order chi connectivity index (χ1) is 11.7. The van der Waals surface area contributed by atoms with Crippen LogP contribution in [0.15, 0.2) is 29.1 Å². The molecule has 0 aromatic carbocycles. The molecule has 3 rings (SSSR count). The molecule has 1 atom stereocenters. The number of thiophene rings is 1. The zero-order valence-electron chi connectivity index (χ0n) is 13.4. The van der Waals surface area contributed by atoms with Gasteiger partial charge in [-0.2, -0.15) is 0 Å². The Morgan fingerprint density at radius 1 is 1.38 bits per heavy atom. The largest absolute Gasteiger partial charge is 0.346 e. The van der Waals surface area contributed by atoms with E-state index < -0.39 is 0 Å². The van der Waals surface area contributed by atoms with Crippen molar-refractivity contribution in [3.8, 4) is 0 Å². The third-order valence-electron chi connectivity index (χ3n) is 4.07. The van der Waals surface area contributed by atoms with Crippen molar-refractivity contribution in [2.24, 2.45) is 0 Å². The topological polar surface area (TPSA) is 62.3 Å². The number of likely N-dealkylation sites (tertiary alicyclic amines) is 1. The summed E-state index contributed by atoms with van der Waals surface area (Å²) in [6.07, 6.45) is 5.28. The predicted octanol–water partition coefficient (Wildman–Crippen LogP) is 3.01. The quantitative estimate of drug-likeness (QED) is 0.784. The summed E-state index contributed by atoms with van der Waals surface area (Å²) in [6, 6.07) is 4.02. The third-order valence-corrected chi connectivity index (χ3v) is 5.86. The fourth-order valence-electron chi connectivity index (χ4n) is 2.87. The summed E-state index contributed by atoms with van der Waals surface area (Å²) in [5, 5.41) is 8.02. The number of nitrogens with one attached hydrogen (secondary N) is 1. The van der Waals surface area contributed by atoms with E-state index in [2.05, 4.69) is 16.4 Å². The minimum Gasteiger partial charge on any atom is -0.346 e. The van der Waals surface area contributed by atoms with Crippen molar-refractivity contribution in [3.05, 3.63) is 39.0 Å². The molecule has 1 fully saturated rings. The van der Waals surface area contributed by atoms with E-state index in [0.717, 1.165) is 24.4 Å². The van der Waals surface area contributed by atoms with Gasteiger partial charge in [-0.3, -0.25) is 9.59 Å². The van der Waals surface area contributed by atoms with Crippen molar-refractivity contribution >= 4 is 34.5 Å². The highest BCUT2D eigenvalue weighted by atomic mass is 32.1. The minimum atomic E-state index is -0.0791. The van der Waals surface area contributed by atoms with Gasteiger partial charge < -0.3 is 10.2 Å². The fraction of sp³-hybridized carbons (Fsp3) is 0.471. The molecule has 0 saturated carbocycles. The molecule has 3 heterocycles. The molecule has 24 heavy (non-hydrogen) atoms. The van der Waals surface area contributed by atoms with Crippen LogP contribution in [0.2, 0.25) is 0 Å². The summed E-state index contributed by atoms with van der Waals surface area (Å²) >= 11 is 3.26. The Bertz CT molecular complexity index is 655. The van der Waals surface area contributed by atoms with Crippen molar-refractivity contribution in [1.82, 2.24) is 15.2 Å². The summed E-state index contributed by atoms with van der Waals surface area (Å²) in [5.74, 6) is 0.243. The first-order valence-corrected chi connectivity index (χ1v) is 9.97. The Morgan fingerprint density at radius 2 is 2.29 bits per heavy atom. The molecular weight excluding hydrogens is 342 g/mol. The molecule has 2 aromatic rings. The van der Waals surface area contributed by atoms with E-state index >= 15 is 0 Å². The number of carbonyl (C=O) groups excluding carboxylic acids is 2. The van der Waals surface area contributed by atoms with Crippen molar-refractivity contribution in [2.45, 2.75) is 38.1 Å². The molecule has 128 valence electrons. The van der Waals surface area contributed by atoms with Gasteiger partial charge in [0.1, 0.15) is 5.01 Å². The van der Waals surface area contributed by atoms with Gasteiger partial charge in [-0.25, -0.2) is 4.98 Å². The van der Waals surface area contributed by atoms with Crippen LogP contribution >= 0.6 is 22.7 Å². The molecule has 1 aliphatic heterocycles. The molecular formula is C17H21N3O2S2. The van der Waals surface area contributed by atoms with Crippen molar-refractivity contribution < 1.29 is 9.59 Å². The minimum absolute atomic E-state index is 0.0263. The molecule has 1 saturated heterocycles. The van der Waals surface area contributed by atoms with E-state index in [1.165, 1.54) is 4.88 Å². The van der Waals surface area contributed by atoms with Gasteiger partial charge in [-0.05, 0) is 24.3 Å². The maximum absolute atomic E-state index is 12.3. The summed E-state index contributed by atoms with van der Waals surface area (Å²) < 4.78 is 0. The Morgan fingerprint density at radius 3 is 2.96 bits per heavy atom. The average Bonchev–Trinajstić information content (AvgIpc) is 3.30. The molecule has 0 radical (unpaired) electrons. The van der Waals surface area contributed by atoms with Gasteiger partial charge in [0.2, 0.25) is 11.8 Å². The maximum atomic E-state index is 12.3. The van der Waals surface area contributed by atoms with Gasteiger partial charge in [0.05, 0.1) is 6.04 Å². The predicted molar refractivity (Wildman–Crippen MR) is 96.1 cm³/mol. The lowest BCUT2D eigenvalue weighted by Gasteiger charge is -2.17. The zero-order chi connectivity index (χ0) is 16.8. The Balaban J connectivity index is 1.50. The van der Waals surface area contributed by atoms with Crippen LogP contribution in [-0.4, -0.2) is 34.8 Å². The van der Waals surface area contributed by atoms with E-state index in [1.54, 1.807) is 28.9 Å². The molecule has 7 heteroatoms. The SMILES string of the molecule is O=C(CCCN1CCCC1=O)NC(Cc1cccs1)c1nccs1. The van der Waals surface area contributed by atoms with Crippen LogP contribution in [0.5, 0.6) is 0 Å². The Hall–Kier alpha value is -1.73. The van der Waals surface area contributed by atoms with Gasteiger partial charge >= 0.3 is 0 Å². The van der Waals surface area contributed by atoms with Gasteiger partial charge in [0, 0.05) is 48.8 Å². The monoisotopic (exact) mass is 363 g/mol. The molecule has 5 nitrogen and oxygen atoms in total. The number of carbonyl (C=O) groups is 2. The van der Waals surface area contributed by atoms with Crippen molar-refractivity contribution in [1.29, 1.82) is 0 Å². The highest BCUT2D eigenvalue weighted by molar-refractivity contribution is 7.10. The Kier molecular flexibility index (Phi) is 5.98. The molecule has 2 amide bonds. The lowest BCUT2D eigenvalue weighted by molar-refractivity contribution is -0.128. The van der Waals surface area contributed by atoms with Crippen molar-refractivity contribution in [3.63, 3.8) is 0 Å². The second kappa shape index (κ2) is 8.39. The summed E-state index contributed by atoms with van der Waals surface area (Å²) in [7, 11) is 0. The smallest absolute Gasteiger partial charge is 0.222 e. The zero-order valence-corrected chi connectivity index (χ0v) is 15.1. The standard InChI is InChI=1S/C17H21N3O2S2/c21-15(5-1-8-20-9-2-6-16(20)22)19-14(17-18-7-11-24-17)12-13-4-3-10-23-13/h3-4,7,10-11,14H,1-2,5-6,8-9,12H2,(H,19,21). The van der Waals surface area contributed by atoms with Crippen LogP contribution in [0, 0.1) is 0 Å². The highest BCUT2D eigenvalue weighted by Gasteiger charge is 2.21. The number of aromatic nitrogens is 1.